The minimum Gasteiger partial charge on any atom is -0.392 e. The van der Waals surface area contributed by atoms with Crippen LogP contribution in [-0.4, -0.2) is 53.9 Å². The predicted molar refractivity (Wildman–Crippen MR) is 84.6 cm³/mol. The molecule has 1 fully saturated rings. The topological polar surface area (TPSA) is 49.6 Å². The van der Waals surface area contributed by atoms with Gasteiger partial charge in [0, 0.05) is 19.1 Å². The van der Waals surface area contributed by atoms with Gasteiger partial charge in [0.2, 0.25) is 5.91 Å². The van der Waals surface area contributed by atoms with Crippen LogP contribution in [0.4, 0.5) is 0 Å². The van der Waals surface area contributed by atoms with E-state index in [4.69, 9.17) is 18.0 Å². The summed E-state index contributed by atoms with van der Waals surface area (Å²) >= 11 is 5.11. The molecule has 1 aromatic rings. The fourth-order valence-electron chi connectivity index (χ4n) is 2.62. The Morgan fingerprint density at radius 2 is 2.05 bits per heavy atom. The molecule has 108 valence electrons. The summed E-state index contributed by atoms with van der Waals surface area (Å²) < 4.78 is 0. The van der Waals surface area contributed by atoms with Crippen LogP contribution in [0, 0.1) is 0 Å². The Labute approximate surface area is 125 Å². The number of hydrogen-bond donors (Lipinski definition) is 1. The molecule has 20 heavy (non-hydrogen) atoms. The van der Waals surface area contributed by atoms with Gasteiger partial charge in [-0.15, -0.1) is 0 Å². The number of likely N-dealkylation sites (N-methyl/N-ethyl adjacent to an activating group) is 1. The van der Waals surface area contributed by atoms with Gasteiger partial charge >= 0.3 is 0 Å². The van der Waals surface area contributed by atoms with Crippen molar-refractivity contribution in [2.24, 2.45) is 5.73 Å². The Kier molecular flexibility index (Phi) is 4.73. The number of rotatable bonds is 4. The summed E-state index contributed by atoms with van der Waals surface area (Å²) in [5.41, 5.74) is 6.68. The second-order valence-electron chi connectivity index (χ2n) is 5.44. The number of thiocarbonyl (C=S) groups is 1. The molecule has 0 spiro atoms. The largest absolute Gasteiger partial charge is 0.392 e. The highest BCUT2D eigenvalue weighted by Gasteiger charge is 2.33. The fourth-order valence-corrected chi connectivity index (χ4v) is 2.86. The quantitative estimate of drug-likeness (QED) is 0.848. The highest BCUT2D eigenvalue weighted by atomic mass is 32.1. The molecule has 5 heteroatoms. The molecule has 0 aliphatic carbocycles. The van der Waals surface area contributed by atoms with Gasteiger partial charge < -0.3 is 15.5 Å². The van der Waals surface area contributed by atoms with Gasteiger partial charge in [-0.3, -0.25) is 4.79 Å². The van der Waals surface area contributed by atoms with E-state index in [1.807, 2.05) is 49.3 Å². The van der Waals surface area contributed by atoms with Crippen LogP contribution in [0.5, 0.6) is 0 Å². The SMILES string of the molecule is CN(C)C1CCN(C(=O)C(C(N)=S)c2ccccc2)C1. The van der Waals surface area contributed by atoms with E-state index in [1.165, 1.54) is 0 Å². The standard InChI is InChI=1S/C15H21N3OS/c1-17(2)12-8-9-18(10-12)15(19)13(14(16)20)11-6-4-3-5-7-11/h3-7,12-13H,8-10H2,1-2H3,(H2,16,20). The van der Waals surface area contributed by atoms with Crippen molar-refractivity contribution < 1.29 is 4.79 Å². The Morgan fingerprint density at radius 3 is 2.55 bits per heavy atom. The first-order valence-corrected chi connectivity index (χ1v) is 7.21. The monoisotopic (exact) mass is 291 g/mol. The average Bonchev–Trinajstić information content (AvgIpc) is 2.89. The van der Waals surface area contributed by atoms with Crippen molar-refractivity contribution in [3.63, 3.8) is 0 Å². The van der Waals surface area contributed by atoms with E-state index in [0.29, 0.717) is 6.04 Å². The van der Waals surface area contributed by atoms with Crippen LogP contribution in [0.1, 0.15) is 17.9 Å². The van der Waals surface area contributed by atoms with Gasteiger partial charge in [0.05, 0.1) is 4.99 Å². The summed E-state index contributed by atoms with van der Waals surface area (Å²) in [6.07, 6.45) is 0.998. The molecule has 2 N–H and O–H groups in total. The molecule has 2 atom stereocenters. The lowest BCUT2D eigenvalue weighted by atomic mass is 9.97. The summed E-state index contributed by atoms with van der Waals surface area (Å²) in [6.45, 7) is 1.52. The molecular weight excluding hydrogens is 270 g/mol. The van der Waals surface area contributed by atoms with E-state index in [0.717, 1.165) is 25.1 Å². The van der Waals surface area contributed by atoms with Gasteiger partial charge in [0.15, 0.2) is 0 Å². The Hall–Kier alpha value is -1.46. The fraction of sp³-hybridized carbons (Fsp3) is 0.467. The molecule has 0 radical (unpaired) electrons. The maximum absolute atomic E-state index is 12.7. The van der Waals surface area contributed by atoms with Crippen molar-refractivity contribution in [1.29, 1.82) is 0 Å². The smallest absolute Gasteiger partial charge is 0.237 e. The summed E-state index contributed by atoms with van der Waals surface area (Å²) in [5, 5.41) is 0. The number of likely N-dealkylation sites (tertiary alicyclic amines) is 1. The number of hydrogen-bond acceptors (Lipinski definition) is 3. The maximum atomic E-state index is 12.7. The van der Waals surface area contributed by atoms with Gasteiger partial charge in [-0.2, -0.15) is 0 Å². The molecule has 4 nitrogen and oxygen atoms in total. The molecule has 2 rings (SSSR count). The molecular formula is C15H21N3OS. The van der Waals surface area contributed by atoms with Gasteiger partial charge in [0.25, 0.3) is 0 Å². The highest BCUT2D eigenvalue weighted by Crippen LogP contribution is 2.23. The van der Waals surface area contributed by atoms with Crippen molar-refractivity contribution >= 4 is 23.1 Å². The van der Waals surface area contributed by atoms with E-state index in [-0.39, 0.29) is 10.9 Å². The molecule has 1 saturated heterocycles. The van der Waals surface area contributed by atoms with Crippen LogP contribution in [0.3, 0.4) is 0 Å². The minimum absolute atomic E-state index is 0.0213. The van der Waals surface area contributed by atoms with Crippen LogP contribution < -0.4 is 5.73 Å². The summed E-state index contributed by atoms with van der Waals surface area (Å²) in [4.78, 5) is 17.0. The second kappa shape index (κ2) is 6.33. The number of carbonyl (C=O) groups is 1. The van der Waals surface area contributed by atoms with Crippen LogP contribution >= 0.6 is 12.2 Å². The Morgan fingerprint density at radius 1 is 1.40 bits per heavy atom. The molecule has 0 saturated carbocycles. The third-order valence-corrected chi connectivity index (χ3v) is 4.11. The number of amides is 1. The van der Waals surface area contributed by atoms with E-state index in [1.54, 1.807) is 0 Å². The Bertz CT molecular complexity index is 489. The third-order valence-electron chi connectivity index (χ3n) is 3.87. The van der Waals surface area contributed by atoms with Crippen LogP contribution in [-0.2, 0) is 4.79 Å². The summed E-state index contributed by atoms with van der Waals surface area (Å²) in [7, 11) is 4.09. The molecule has 0 aromatic heterocycles. The predicted octanol–water partition coefficient (Wildman–Crippen LogP) is 1.22. The van der Waals surface area contributed by atoms with E-state index >= 15 is 0 Å². The first-order valence-electron chi connectivity index (χ1n) is 6.80. The van der Waals surface area contributed by atoms with E-state index in [2.05, 4.69) is 4.90 Å². The molecule has 1 amide bonds. The first-order chi connectivity index (χ1) is 9.50. The van der Waals surface area contributed by atoms with Crippen molar-refractivity contribution in [1.82, 2.24) is 9.80 Å². The zero-order chi connectivity index (χ0) is 14.7. The van der Waals surface area contributed by atoms with E-state index in [9.17, 15) is 4.79 Å². The molecule has 1 aliphatic rings. The lowest BCUT2D eigenvalue weighted by Gasteiger charge is -2.24. The number of benzene rings is 1. The normalized spacial score (nSPS) is 20.1. The second-order valence-corrected chi connectivity index (χ2v) is 5.91. The Balaban J connectivity index is 2.15. The third kappa shape index (κ3) is 3.16. The van der Waals surface area contributed by atoms with Crippen LogP contribution in [0.25, 0.3) is 0 Å². The molecule has 0 bridgehead atoms. The molecule has 1 heterocycles. The van der Waals surface area contributed by atoms with Crippen LogP contribution in [0.15, 0.2) is 30.3 Å². The summed E-state index contributed by atoms with van der Waals surface area (Å²) in [6, 6.07) is 9.95. The van der Waals surface area contributed by atoms with Gasteiger partial charge in [-0.25, -0.2) is 0 Å². The summed E-state index contributed by atoms with van der Waals surface area (Å²) in [5.74, 6) is -0.486. The van der Waals surface area contributed by atoms with Crippen molar-refractivity contribution in [2.45, 2.75) is 18.4 Å². The number of nitrogens with two attached hydrogens (primary N) is 1. The van der Waals surface area contributed by atoms with Gasteiger partial charge in [0.1, 0.15) is 5.92 Å². The van der Waals surface area contributed by atoms with Crippen LogP contribution in [0.2, 0.25) is 0 Å². The lowest BCUT2D eigenvalue weighted by Crippen LogP contribution is -2.40. The van der Waals surface area contributed by atoms with Gasteiger partial charge in [-0.05, 0) is 26.1 Å². The van der Waals surface area contributed by atoms with Crippen molar-refractivity contribution in [2.75, 3.05) is 27.2 Å². The maximum Gasteiger partial charge on any atom is 0.237 e. The molecule has 1 aromatic carbocycles. The molecule has 2 unspecified atom stereocenters. The zero-order valence-electron chi connectivity index (χ0n) is 12.0. The van der Waals surface area contributed by atoms with Crippen molar-refractivity contribution in [3.8, 4) is 0 Å². The first kappa shape index (κ1) is 14.9. The highest BCUT2D eigenvalue weighted by molar-refractivity contribution is 7.80. The molecule has 1 aliphatic heterocycles. The number of nitrogens with zero attached hydrogens (tertiary/aromatic N) is 2. The number of carbonyl (C=O) groups excluding carboxylic acids is 1. The van der Waals surface area contributed by atoms with Crippen molar-refractivity contribution in [3.05, 3.63) is 35.9 Å². The lowest BCUT2D eigenvalue weighted by molar-refractivity contribution is -0.130. The minimum atomic E-state index is -0.507. The van der Waals surface area contributed by atoms with E-state index < -0.39 is 5.92 Å². The zero-order valence-corrected chi connectivity index (χ0v) is 12.8. The average molecular weight is 291 g/mol. The van der Waals surface area contributed by atoms with Gasteiger partial charge in [-0.1, -0.05) is 42.5 Å².